The number of fused-ring (bicyclic) bond motifs is 1. The van der Waals surface area contributed by atoms with E-state index in [0.29, 0.717) is 22.8 Å². The maximum absolute atomic E-state index is 11.7. The molecule has 17 heavy (non-hydrogen) atoms. The van der Waals surface area contributed by atoms with Crippen LogP contribution in [0.5, 0.6) is 0 Å². The Kier molecular flexibility index (Phi) is 3.92. The fraction of sp³-hybridized carbons (Fsp3) is 0.273. The molecule has 0 fully saturated rings. The van der Waals surface area contributed by atoms with Gasteiger partial charge in [0.2, 0.25) is 5.28 Å². The number of aryl methyl sites for hydroxylation is 1. The first-order valence-corrected chi connectivity index (χ1v) is 6.34. The van der Waals surface area contributed by atoms with E-state index in [9.17, 15) is 4.79 Å². The summed E-state index contributed by atoms with van der Waals surface area (Å²) in [7, 11) is 0. The molecule has 0 bridgehead atoms. The van der Waals surface area contributed by atoms with E-state index >= 15 is 0 Å². The quantitative estimate of drug-likeness (QED) is 0.642. The van der Waals surface area contributed by atoms with Gasteiger partial charge in [-0.1, -0.05) is 11.6 Å². The molecule has 1 heterocycles. The first-order chi connectivity index (χ1) is 8.13. The molecule has 1 aromatic heterocycles. The zero-order chi connectivity index (χ0) is 12.4. The predicted molar refractivity (Wildman–Crippen MR) is 71.4 cm³/mol. The van der Waals surface area contributed by atoms with E-state index in [4.69, 9.17) is 34.8 Å². The van der Waals surface area contributed by atoms with Gasteiger partial charge in [0.25, 0.3) is 5.56 Å². The molecule has 0 N–H and O–H groups in total. The van der Waals surface area contributed by atoms with Crippen LogP contribution in [0.4, 0.5) is 0 Å². The highest BCUT2D eigenvalue weighted by Gasteiger charge is 2.09. The summed E-state index contributed by atoms with van der Waals surface area (Å²) >= 11 is 17.5. The van der Waals surface area contributed by atoms with Gasteiger partial charge < -0.3 is 4.57 Å². The van der Waals surface area contributed by atoms with Crippen LogP contribution in [0.3, 0.4) is 0 Å². The van der Waals surface area contributed by atoms with Crippen molar-refractivity contribution in [1.82, 2.24) is 9.55 Å². The van der Waals surface area contributed by atoms with Crippen LogP contribution in [0.1, 0.15) is 6.42 Å². The minimum absolute atomic E-state index is 0.176. The molecular formula is C11H9Cl3N2O. The third-order valence-corrected chi connectivity index (χ3v) is 3.20. The monoisotopic (exact) mass is 290 g/mol. The lowest BCUT2D eigenvalue weighted by Crippen LogP contribution is -2.15. The minimum atomic E-state index is -0.366. The number of aromatic nitrogens is 2. The minimum Gasteiger partial charge on any atom is -0.316 e. The van der Waals surface area contributed by atoms with Crippen molar-refractivity contribution in [2.75, 3.05) is 5.88 Å². The summed E-state index contributed by atoms with van der Waals surface area (Å²) in [5.41, 5.74) is 0.360. The van der Waals surface area contributed by atoms with Crippen molar-refractivity contribution >= 4 is 45.7 Å². The van der Waals surface area contributed by atoms with Crippen LogP contribution < -0.4 is 5.56 Å². The van der Waals surface area contributed by atoms with Gasteiger partial charge in [0.15, 0.2) is 0 Å². The van der Waals surface area contributed by atoms with Crippen LogP contribution in [-0.2, 0) is 6.54 Å². The van der Waals surface area contributed by atoms with Crippen LogP contribution in [0.25, 0.3) is 10.9 Å². The second-order valence-corrected chi connectivity index (χ2v) is 4.69. The Hall–Kier alpha value is -0.770. The van der Waals surface area contributed by atoms with Crippen LogP contribution in [-0.4, -0.2) is 15.4 Å². The van der Waals surface area contributed by atoms with E-state index in [-0.39, 0.29) is 10.8 Å². The number of hydrogen-bond donors (Lipinski definition) is 0. The van der Waals surface area contributed by atoms with E-state index < -0.39 is 0 Å². The van der Waals surface area contributed by atoms with Crippen molar-refractivity contribution in [3.8, 4) is 0 Å². The SMILES string of the molecule is O=c1nc(Cl)n(CCCCl)c2ccc(Cl)cc12. The predicted octanol–water partition coefficient (Wildman–Crippen LogP) is 3.33. The lowest BCUT2D eigenvalue weighted by molar-refractivity contribution is 0.688. The third-order valence-electron chi connectivity index (χ3n) is 2.41. The highest BCUT2D eigenvalue weighted by molar-refractivity contribution is 6.31. The first kappa shape index (κ1) is 12.7. The second-order valence-electron chi connectivity index (χ2n) is 3.54. The van der Waals surface area contributed by atoms with Gasteiger partial charge in [-0.2, -0.15) is 4.98 Å². The van der Waals surface area contributed by atoms with Gasteiger partial charge in [0.1, 0.15) is 0 Å². The number of halogens is 3. The van der Waals surface area contributed by atoms with Crippen molar-refractivity contribution in [3.63, 3.8) is 0 Å². The standard InChI is InChI=1S/C11H9Cl3N2O/c12-4-1-5-16-9-3-2-7(13)6-8(9)10(17)15-11(16)14/h2-3,6H,1,4-5H2. The van der Waals surface area contributed by atoms with Crippen molar-refractivity contribution in [2.45, 2.75) is 13.0 Å². The van der Waals surface area contributed by atoms with Crippen molar-refractivity contribution in [2.24, 2.45) is 0 Å². The summed E-state index contributed by atoms with van der Waals surface area (Å²) in [6.07, 6.45) is 0.754. The summed E-state index contributed by atoms with van der Waals surface area (Å²) in [6, 6.07) is 5.08. The van der Waals surface area contributed by atoms with Crippen LogP contribution in [0, 0.1) is 0 Å². The molecule has 0 saturated carbocycles. The van der Waals surface area contributed by atoms with Gasteiger partial charge in [0.05, 0.1) is 10.9 Å². The number of alkyl halides is 1. The summed E-state index contributed by atoms with van der Waals surface area (Å²) in [5.74, 6) is 0.525. The Balaban J connectivity index is 2.69. The van der Waals surface area contributed by atoms with Gasteiger partial charge in [-0.25, -0.2) is 0 Å². The Labute approximate surface area is 113 Å². The summed E-state index contributed by atoms with van der Waals surface area (Å²) < 4.78 is 1.76. The van der Waals surface area contributed by atoms with E-state index in [1.807, 2.05) is 0 Å². The molecular weight excluding hydrogens is 282 g/mol. The maximum atomic E-state index is 11.7. The Morgan fingerprint density at radius 3 is 2.76 bits per heavy atom. The lowest BCUT2D eigenvalue weighted by Gasteiger charge is -2.11. The fourth-order valence-electron chi connectivity index (χ4n) is 1.65. The molecule has 0 atom stereocenters. The number of benzene rings is 1. The normalized spacial score (nSPS) is 11.0. The highest BCUT2D eigenvalue weighted by Crippen LogP contribution is 2.19. The lowest BCUT2D eigenvalue weighted by atomic mass is 10.2. The van der Waals surface area contributed by atoms with Crippen molar-refractivity contribution in [1.29, 1.82) is 0 Å². The summed E-state index contributed by atoms with van der Waals surface area (Å²) in [4.78, 5) is 15.5. The Morgan fingerprint density at radius 2 is 2.06 bits per heavy atom. The number of rotatable bonds is 3. The average molecular weight is 292 g/mol. The van der Waals surface area contributed by atoms with Crippen molar-refractivity contribution in [3.05, 3.63) is 38.9 Å². The van der Waals surface area contributed by atoms with E-state index in [2.05, 4.69) is 4.98 Å². The summed E-state index contributed by atoms with van der Waals surface area (Å²) in [5, 5.41) is 1.15. The molecule has 0 saturated heterocycles. The van der Waals surface area contributed by atoms with Gasteiger partial charge in [-0.15, -0.1) is 11.6 Å². The average Bonchev–Trinajstić information content (AvgIpc) is 2.29. The molecule has 0 amide bonds. The molecule has 0 aliphatic carbocycles. The molecule has 0 aliphatic rings. The molecule has 0 unspecified atom stereocenters. The molecule has 0 spiro atoms. The molecule has 6 heteroatoms. The van der Waals surface area contributed by atoms with E-state index in [1.54, 1.807) is 22.8 Å². The van der Waals surface area contributed by atoms with Gasteiger partial charge in [-0.3, -0.25) is 4.79 Å². The van der Waals surface area contributed by atoms with Crippen LogP contribution in [0.15, 0.2) is 23.0 Å². The second kappa shape index (κ2) is 5.25. The van der Waals surface area contributed by atoms with Gasteiger partial charge in [0, 0.05) is 17.4 Å². The topological polar surface area (TPSA) is 34.9 Å². The van der Waals surface area contributed by atoms with Crippen LogP contribution in [0.2, 0.25) is 10.3 Å². The number of nitrogens with zero attached hydrogens (tertiary/aromatic N) is 2. The van der Waals surface area contributed by atoms with Crippen molar-refractivity contribution < 1.29 is 0 Å². The first-order valence-electron chi connectivity index (χ1n) is 5.05. The fourth-order valence-corrected chi connectivity index (χ4v) is 2.19. The van der Waals surface area contributed by atoms with E-state index in [1.165, 1.54) is 0 Å². The molecule has 1 aromatic carbocycles. The van der Waals surface area contributed by atoms with E-state index in [0.717, 1.165) is 11.9 Å². The van der Waals surface area contributed by atoms with Crippen LogP contribution >= 0.6 is 34.8 Å². The maximum Gasteiger partial charge on any atom is 0.281 e. The third kappa shape index (κ3) is 2.57. The smallest absolute Gasteiger partial charge is 0.281 e. The largest absolute Gasteiger partial charge is 0.316 e. The zero-order valence-corrected chi connectivity index (χ0v) is 11.1. The zero-order valence-electron chi connectivity index (χ0n) is 8.79. The van der Waals surface area contributed by atoms with Gasteiger partial charge in [-0.05, 0) is 36.2 Å². The number of hydrogen-bond acceptors (Lipinski definition) is 2. The summed E-state index contributed by atoms with van der Waals surface area (Å²) in [6.45, 7) is 0.619. The molecule has 3 nitrogen and oxygen atoms in total. The molecule has 2 rings (SSSR count). The molecule has 2 aromatic rings. The van der Waals surface area contributed by atoms with Gasteiger partial charge >= 0.3 is 0 Å². The molecule has 90 valence electrons. The molecule has 0 radical (unpaired) electrons. The Bertz CT molecular complexity index is 609. The Morgan fingerprint density at radius 1 is 1.29 bits per heavy atom. The molecule has 0 aliphatic heterocycles. The highest BCUT2D eigenvalue weighted by atomic mass is 35.5.